The molecule has 5 heteroatoms. The number of hydrogen-bond acceptors (Lipinski definition) is 3. The molecule has 1 aromatic heterocycles. The number of piperidine rings is 1. The van der Waals surface area contributed by atoms with E-state index in [1.807, 2.05) is 0 Å². The molecule has 0 unspecified atom stereocenters. The molecule has 0 N–H and O–H groups in total. The minimum Gasteiger partial charge on any atom is -0.384 e. The predicted molar refractivity (Wildman–Crippen MR) is 156 cm³/mol. The maximum atomic E-state index is 14.1. The zero-order chi connectivity index (χ0) is 26.2. The molecule has 1 saturated heterocycles. The van der Waals surface area contributed by atoms with Crippen LogP contribution in [0.3, 0.4) is 0 Å². The van der Waals surface area contributed by atoms with E-state index in [0.29, 0.717) is 18.4 Å². The second-order valence-corrected chi connectivity index (χ2v) is 12.0. The molecule has 0 spiro atoms. The van der Waals surface area contributed by atoms with E-state index in [1.165, 1.54) is 83.8 Å². The van der Waals surface area contributed by atoms with E-state index >= 15 is 0 Å². The second kappa shape index (κ2) is 10.9. The summed E-state index contributed by atoms with van der Waals surface area (Å²) in [5, 5.41) is 1.35. The topological polar surface area (TPSA) is 37.7 Å². The third-order valence-electron chi connectivity index (χ3n) is 9.21. The van der Waals surface area contributed by atoms with E-state index in [-0.39, 0.29) is 5.91 Å². The SMILES string of the molecule is COC[C@@H]1CCCN(CCN2C(=O)Cn3c(c(C4CCCCC4)c4ccc(C)cc43)-c3ccc(C)cc32)C1. The van der Waals surface area contributed by atoms with Crippen LogP contribution in [0.5, 0.6) is 0 Å². The van der Waals surface area contributed by atoms with Crippen molar-refractivity contribution in [1.82, 2.24) is 9.47 Å². The van der Waals surface area contributed by atoms with E-state index in [0.717, 1.165) is 38.5 Å². The smallest absolute Gasteiger partial charge is 0.247 e. The van der Waals surface area contributed by atoms with Crippen molar-refractivity contribution in [2.24, 2.45) is 5.92 Å². The van der Waals surface area contributed by atoms with Crippen LogP contribution in [0, 0.1) is 19.8 Å². The number of anilines is 1. The highest BCUT2D eigenvalue weighted by atomic mass is 16.5. The van der Waals surface area contributed by atoms with Gasteiger partial charge in [-0.1, -0.05) is 43.5 Å². The number of likely N-dealkylation sites (tertiary alicyclic amines) is 1. The standard InChI is InChI=1S/C33H43N3O2/c1-23-11-13-27-29(18-23)36-21-31(37)35(17-16-34-15-7-8-25(20-34)22-38-3)30-19-24(2)12-14-28(30)33(36)32(27)26-9-5-4-6-10-26/h11-14,18-19,25-26H,4-10,15-17,20-22H2,1-3H3/t25-/m1/s1. The Kier molecular flexibility index (Phi) is 7.33. The summed E-state index contributed by atoms with van der Waals surface area (Å²) in [5.41, 5.74) is 8.78. The molecule has 2 aromatic carbocycles. The maximum absolute atomic E-state index is 14.1. The molecule has 3 aliphatic rings. The summed E-state index contributed by atoms with van der Waals surface area (Å²) < 4.78 is 7.81. The molecule has 3 aromatic rings. The van der Waals surface area contributed by atoms with Gasteiger partial charge in [0.15, 0.2) is 0 Å². The third-order valence-corrected chi connectivity index (χ3v) is 9.21. The molecule has 2 aliphatic heterocycles. The molecule has 1 saturated carbocycles. The molecule has 202 valence electrons. The Balaban J connectivity index is 1.42. The Morgan fingerprint density at radius 2 is 1.71 bits per heavy atom. The van der Waals surface area contributed by atoms with Crippen molar-refractivity contribution >= 4 is 22.5 Å². The summed E-state index contributed by atoms with van der Waals surface area (Å²) in [6.07, 6.45) is 8.88. The highest BCUT2D eigenvalue weighted by Gasteiger charge is 2.33. The Morgan fingerprint density at radius 1 is 0.921 bits per heavy atom. The van der Waals surface area contributed by atoms with Crippen molar-refractivity contribution in [3.63, 3.8) is 0 Å². The summed E-state index contributed by atoms with van der Waals surface area (Å²) in [5.74, 6) is 1.36. The van der Waals surface area contributed by atoms with Crippen molar-refractivity contribution in [2.45, 2.75) is 71.3 Å². The fourth-order valence-electron chi connectivity index (χ4n) is 7.38. The third kappa shape index (κ3) is 4.80. The van der Waals surface area contributed by atoms with Gasteiger partial charge in [0.1, 0.15) is 6.54 Å². The normalized spacial score (nSPS) is 21.0. The number of ether oxygens (including phenoxy) is 1. The van der Waals surface area contributed by atoms with Gasteiger partial charge in [-0.05, 0) is 86.7 Å². The number of methoxy groups -OCH3 is 1. The number of aromatic nitrogens is 1. The molecule has 1 aliphatic carbocycles. The molecule has 5 nitrogen and oxygen atoms in total. The number of carbonyl (C=O) groups is 1. The fraction of sp³-hybridized carbons (Fsp3) is 0.545. The molecule has 3 heterocycles. The monoisotopic (exact) mass is 513 g/mol. The zero-order valence-electron chi connectivity index (χ0n) is 23.5. The van der Waals surface area contributed by atoms with Gasteiger partial charge in [-0.25, -0.2) is 0 Å². The summed E-state index contributed by atoms with van der Waals surface area (Å²) >= 11 is 0. The average molecular weight is 514 g/mol. The maximum Gasteiger partial charge on any atom is 0.247 e. The molecule has 2 fully saturated rings. The lowest BCUT2D eigenvalue weighted by Crippen LogP contribution is -2.44. The first-order valence-electron chi connectivity index (χ1n) is 14.8. The highest BCUT2D eigenvalue weighted by molar-refractivity contribution is 6.04. The largest absolute Gasteiger partial charge is 0.384 e. The van der Waals surface area contributed by atoms with Gasteiger partial charge in [0.25, 0.3) is 0 Å². The van der Waals surface area contributed by atoms with Gasteiger partial charge in [-0.15, -0.1) is 0 Å². The number of nitrogens with zero attached hydrogens (tertiary/aromatic N) is 3. The molecule has 6 rings (SSSR count). The number of carbonyl (C=O) groups excluding carboxylic acids is 1. The molecule has 1 atom stereocenters. The highest BCUT2D eigenvalue weighted by Crippen LogP contribution is 2.47. The van der Waals surface area contributed by atoms with Gasteiger partial charge in [0.05, 0.1) is 18.0 Å². The van der Waals surface area contributed by atoms with Crippen LogP contribution < -0.4 is 4.90 Å². The molecular weight excluding hydrogens is 470 g/mol. The van der Waals surface area contributed by atoms with Gasteiger partial charge < -0.3 is 19.1 Å². The average Bonchev–Trinajstić information content (AvgIpc) is 3.16. The summed E-state index contributed by atoms with van der Waals surface area (Å²) in [6, 6.07) is 13.6. The van der Waals surface area contributed by atoms with Crippen LogP contribution in [0.2, 0.25) is 0 Å². The molecule has 0 radical (unpaired) electrons. The van der Waals surface area contributed by atoms with Crippen LogP contribution in [0.15, 0.2) is 36.4 Å². The number of aryl methyl sites for hydroxylation is 2. The summed E-state index contributed by atoms with van der Waals surface area (Å²) in [7, 11) is 1.80. The lowest BCUT2D eigenvalue weighted by Gasteiger charge is -2.34. The zero-order valence-corrected chi connectivity index (χ0v) is 23.5. The van der Waals surface area contributed by atoms with Crippen LogP contribution >= 0.6 is 0 Å². The fourth-order valence-corrected chi connectivity index (χ4v) is 7.38. The van der Waals surface area contributed by atoms with E-state index in [2.05, 4.69) is 64.6 Å². The first kappa shape index (κ1) is 25.6. The molecule has 38 heavy (non-hydrogen) atoms. The lowest BCUT2D eigenvalue weighted by atomic mass is 9.81. The number of fused-ring (bicyclic) bond motifs is 5. The Bertz CT molecular complexity index is 1320. The number of amides is 1. The summed E-state index contributed by atoms with van der Waals surface area (Å²) in [6.45, 7) is 9.35. The lowest BCUT2D eigenvalue weighted by molar-refractivity contribution is -0.119. The van der Waals surface area contributed by atoms with Gasteiger partial charge in [-0.3, -0.25) is 4.79 Å². The quantitative estimate of drug-likeness (QED) is 0.369. The summed E-state index contributed by atoms with van der Waals surface area (Å²) in [4.78, 5) is 18.7. The number of benzene rings is 2. The second-order valence-electron chi connectivity index (χ2n) is 12.0. The van der Waals surface area contributed by atoms with Crippen LogP contribution in [0.1, 0.15) is 67.6 Å². The van der Waals surface area contributed by atoms with Gasteiger partial charge in [-0.2, -0.15) is 0 Å². The molecular formula is C33H43N3O2. The van der Waals surface area contributed by atoms with E-state index in [9.17, 15) is 4.79 Å². The van der Waals surface area contributed by atoms with Crippen molar-refractivity contribution in [3.8, 4) is 11.3 Å². The van der Waals surface area contributed by atoms with Crippen molar-refractivity contribution in [1.29, 1.82) is 0 Å². The van der Waals surface area contributed by atoms with Crippen LogP contribution in [-0.4, -0.2) is 55.3 Å². The Labute approximate surface area is 227 Å². The van der Waals surface area contributed by atoms with E-state index < -0.39 is 0 Å². The van der Waals surface area contributed by atoms with Gasteiger partial charge in [0, 0.05) is 43.2 Å². The van der Waals surface area contributed by atoms with Crippen LogP contribution in [-0.2, 0) is 16.1 Å². The van der Waals surface area contributed by atoms with E-state index in [1.54, 1.807) is 7.11 Å². The van der Waals surface area contributed by atoms with Crippen LogP contribution in [0.25, 0.3) is 22.2 Å². The minimum absolute atomic E-state index is 0.203. The van der Waals surface area contributed by atoms with Crippen molar-refractivity contribution in [2.75, 3.05) is 44.8 Å². The Morgan fingerprint density at radius 3 is 2.53 bits per heavy atom. The Hall–Kier alpha value is -2.63. The number of hydrogen-bond donors (Lipinski definition) is 0. The molecule has 0 bridgehead atoms. The molecule has 1 amide bonds. The number of rotatable bonds is 6. The van der Waals surface area contributed by atoms with Crippen LogP contribution in [0.4, 0.5) is 5.69 Å². The van der Waals surface area contributed by atoms with E-state index in [4.69, 9.17) is 4.74 Å². The minimum atomic E-state index is 0.203. The van der Waals surface area contributed by atoms with Crippen molar-refractivity contribution in [3.05, 3.63) is 53.1 Å². The van der Waals surface area contributed by atoms with Crippen molar-refractivity contribution < 1.29 is 9.53 Å². The predicted octanol–water partition coefficient (Wildman–Crippen LogP) is 6.68. The first-order chi connectivity index (χ1) is 18.5. The van der Waals surface area contributed by atoms with Gasteiger partial charge >= 0.3 is 0 Å². The first-order valence-corrected chi connectivity index (χ1v) is 14.8. The van der Waals surface area contributed by atoms with Gasteiger partial charge in [0.2, 0.25) is 5.91 Å².